The highest BCUT2D eigenvalue weighted by atomic mass is 16.3. The van der Waals surface area contributed by atoms with E-state index in [1.807, 2.05) is 24.3 Å². The normalized spacial score (nSPS) is 11.1. The van der Waals surface area contributed by atoms with Gasteiger partial charge in [0, 0.05) is 16.3 Å². The summed E-state index contributed by atoms with van der Waals surface area (Å²) >= 11 is 0. The lowest BCUT2D eigenvalue weighted by molar-refractivity contribution is 0.669. The summed E-state index contributed by atoms with van der Waals surface area (Å²) < 4.78 is 6.03. The number of nitrogens with two attached hydrogens (primary N) is 1. The van der Waals surface area contributed by atoms with Crippen LogP contribution in [0.15, 0.2) is 95.4 Å². The zero-order chi connectivity index (χ0) is 22.9. The predicted octanol–water partition coefficient (Wildman–Crippen LogP) is 8.26. The summed E-state index contributed by atoms with van der Waals surface area (Å²) in [5.41, 5.74) is 10.4. The van der Waals surface area contributed by atoms with E-state index in [4.69, 9.17) is 15.6 Å². The first-order valence-corrected chi connectivity index (χ1v) is 11.3. The average Bonchev–Trinajstić information content (AvgIpc) is 3.22. The third-order valence-corrected chi connectivity index (χ3v) is 5.88. The molecular formula is C30H26N2O. The van der Waals surface area contributed by atoms with Crippen LogP contribution >= 0.6 is 0 Å². The van der Waals surface area contributed by atoms with Crippen molar-refractivity contribution in [1.82, 2.24) is 0 Å². The van der Waals surface area contributed by atoms with Crippen molar-refractivity contribution in [3.63, 3.8) is 0 Å². The van der Waals surface area contributed by atoms with Crippen LogP contribution in [0.4, 0.5) is 0 Å². The van der Waals surface area contributed by atoms with Crippen LogP contribution in [-0.2, 0) is 0 Å². The molecule has 3 N–H and O–H groups in total. The Morgan fingerprint density at radius 3 is 2.30 bits per heavy atom. The van der Waals surface area contributed by atoms with Crippen molar-refractivity contribution in [3.8, 4) is 11.1 Å². The summed E-state index contributed by atoms with van der Waals surface area (Å²) in [6.45, 7) is 4.25. The average molecular weight is 431 g/mol. The number of fused-ring (bicyclic) bond motifs is 6. The quantitative estimate of drug-likeness (QED) is 0.165. The van der Waals surface area contributed by atoms with E-state index in [1.165, 1.54) is 33.5 Å². The van der Waals surface area contributed by atoms with Crippen molar-refractivity contribution in [2.24, 2.45) is 5.73 Å². The number of amidine groups is 1. The molecule has 0 atom stereocenters. The van der Waals surface area contributed by atoms with Crippen molar-refractivity contribution in [3.05, 3.63) is 96.6 Å². The van der Waals surface area contributed by atoms with Gasteiger partial charge in [-0.2, -0.15) is 0 Å². The van der Waals surface area contributed by atoms with Gasteiger partial charge in [0.25, 0.3) is 0 Å². The molecule has 0 saturated carbocycles. The van der Waals surface area contributed by atoms with Crippen LogP contribution in [0.5, 0.6) is 0 Å². The van der Waals surface area contributed by atoms with E-state index in [1.54, 1.807) is 0 Å². The van der Waals surface area contributed by atoms with Gasteiger partial charge in [-0.05, 0) is 50.9 Å². The van der Waals surface area contributed by atoms with Gasteiger partial charge < -0.3 is 10.2 Å². The lowest BCUT2D eigenvalue weighted by Gasteiger charge is -2.10. The van der Waals surface area contributed by atoms with Crippen LogP contribution in [0.3, 0.4) is 0 Å². The van der Waals surface area contributed by atoms with Crippen molar-refractivity contribution in [2.45, 2.75) is 20.3 Å². The van der Waals surface area contributed by atoms with Gasteiger partial charge in [-0.25, -0.2) is 0 Å². The molecule has 3 heteroatoms. The molecule has 1 aromatic heterocycles. The third kappa shape index (κ3) is 3.52. The summed E-state index contributed by atoms with van der Waals surface area (Å²) in [4.78, 5) is 0. The third-order valence-electron chi connectivity index (χ3n) is 5.88. The second-order valence-electron chi connectivity index (χ2n) is 8.30. The van der Waals surface area contributed by atoms with E-state index < -0.39 is 0 Å². The number of furan rings is 1. The van der Waals surface area contributed by atoms with Gasteiger partial charge in [0.1, 0.15) is 17.0 Å². The van der Waals surface area contributed by atoms with Crippen molar-refractivity contribution < 1.29 is 4.42 Å². The molecule has 3 nitrogen and oxygen atoms in total. The van der Waals surface area contributed by atoms with Crippen LogP contribution in [0.25, 0.3) is 54.6 Å². The minimum Gasteiger partial charge on any atom is -0.456 e. The molecule has 0 aliphatic rings. The summed E-state index contributed by atoms with van der Waals surface area (Å²) in [6.07, 6.45) is 1.25. The van der Waals surface area contributed by atoms with E-state index in [2.05, 4.69) is 80.6 Å². The zero-order valence-electron chi connectivity index (χ0n) is 18.9. The number of nitrogens with one attached hydrogen (secondary N) is 1. The van der Waals surface area contributed by atoms with Crippen molar-refractivity contribution in [2.75, 3.05) is 0 Å². The highest BCUT2D eigenvalue weighted by Gasteiger charge is 2.14. The Morgan fingerprint density at radius 1 is 0.727 bits per heavy atom. The summed E-state index contributed by atoms with van der Waals surface area (Å²) in [5.74, 6) is 0.0466. The number of hydrogen-bond donors (Lipinski definition) is 2. The molecular weight excluding hydrogens is 404 g/mol. The Kier molecular flexibility index (Phi) is 5.31. The first-order chi connectivity index (χ1) is 16.1. The van der Waals surface area contributed by atoms with Gasteiger partial charge >= 0.3 is 0 Å². The zero-order valence-corrected chi connectivity index (χ0v) is 18.9. The fourth-order valence-corrected chi connectivity index (χ4v) is 4.51. The molecule has 0 aliphatic heterocycles. The summed E-state index contributed by atoms with van der Waals surface area (Å²) in [5, 5.41) is 14.8. The largest absolute Gasteiger partial charge is 0.456 e. The molecule has 6 aromatic rings. The van der Waals surface area contributed by atoms with Gasteiger partial charge in [0.2, 0.25) is 0 Å². The van der Waals surface area contributed by atoms with Gasteiger partial charge in [-0.3, -0.25) is 5.41 Å². The van der Waals surface area contributed by atoms with E-state index >= 15 is 0 Å². The predicted molar refractivity (Wildman–Crippen MR) is 141 cm³/mol. The van der Waals surface area contributed by atoms with Crippen LogP contribution in [0.1, 0.15) is 25.8 Å². The monoisotopic (exact) mass is 430 g/mol. The molecule has 0 spiro atoms. The van der Waals surface area contributed by atoms with Gasteiger partial charge in [-0.15, -0.1) is 0 Å². The Hall–Kier alpha value is -4.11. The maximum Gasteiger partial charge on any atom is 0.136 e. The standard InChI is InChI=1S/C27H18N2O.C3H8/c28-27(29)22-9-4-10-25-26(22)23-15-17(12-14-24(23)30-25)19-7-3-8-20-18-6-2-1-5-16(18)11-13-21(19)20;1-3-2/h1-15H,(H3,28,29);3H2,1-2H3. The van der Waals surface area contributed by atoms with Crippen molar-refractivity contribution in [1.29, 1.82) is 5.41 Å². The second kappa shape index (κ2) is 8.44. The molecule has 0 aliphatic carbocycles. The van der Waals surface area contributed by atoms with Gasteiger partial charge in [-0.1, -0.05) is 93.1 Å². The first kappa shape index (κ1) is 20.8. The van der Waals surface area contributed by atoms with Crippen LogP contribution in [0, 0.1) is 5.41 Å². The molecule has 0 unspecified atom stereocenters. The molecule has 5 aromatic carbocycles. The lowest BCUT2D eigenvalue weighted by atomic mass is 9.94. The SMILES string of the molecule is CCC.N=C(N)c1cccc2oc3ccc(-c4cccc5c4ccc4ccccc45)cc3c12. The number of benzene rings is 5. The highest BCUT2D eigenvalue weighted by molar-refractivity contribution is 6.18. The minimum atomic E-state index is 0.0466. The maximum absolute atomic E-state index is 7.97. The fourth-order valence-electron chi connectivity index (χ4n) is 4.51. The maximum atomic E-state index is 7.97. The molecule has 162 valence electrons. The Labute approximate surface area is 193 Å². The molecule has 33 heavy (non-hydrogen) atoms. The number of nitrogen functional groups attached to an aromatic ring is 1. The molecule has 0 bridgehead atoms. The Morgan fingerprint density at radius 2 is 1.48 bits per heavy atom. The van der Waals surface area contributed by atoms with Crippen LogP contribution < -0.4 is 5.73 Å². The smallest absolute Gasteiger partial charge is 0.136 e. The molecule has 0 radical (unpaired) electrons. The number of hydrogen-bond acceptors (Lipinski definition) is 2. The topological polar surface area (TPSA) is 63.0 Å². The number of rotatable bonds is 2. The minimum absolute atomic E-state index is 0.0466. The van der Waals surface area contributed by atoms with E-state index in [-0.39, 0.29) is 5.84 Å². The second-order valence-corrected chi connectivity index (χ2v) is 8.30. The molecule has 0 fully saturated rings. The van der Waals surface area contributed by atoms with Crippen LogP contribution in [-0.4, -0.2) is 5.84 Å². The van der Waals surface area contributed by atoms with Crippen LogP contribution in [0.2, 0.25) is 0 Å². The van der Waals surface area contributed by atoms with E-state index in [0.29, 0.717) is 5.56 Å². The molecule has 0 amide bonds. The fraction of sp³-hybridized carbons (Fsp3) is 0.100. The van der Waals surface area contributed by atoms with E-state index in [0.717, 1.165) is 27.5 Å². The Bertz CT molecular complexity index is 1640. The molecule has 0 saturated heterocycles. The molecule has 1 heterocycles. The molecule has 6 rings (SSSR count). The summed E-state index contributed by atoms with van der Waals surface area (Å²) in [6, 6.07) is 31.2. The van der Waals surface area contributed by atoms with Gasteiger partial charge in [0.05, 0.1) is 0 Å². The Balaban J connectivity index is 0.000000724. The lowest BCUT2D eigenvalue weighted by Crippen LogP contribution is -2.11. The van der Waals surface area contributed by atoms with Gasteiger partial charge in [0.15, 0.2) is 0 Å². The summed E-state index contributed by atoms with van der Waals surface area (Å²) in [7, 11) is 0. The van der Waals surface area contributed by atoms with Crippen molar-refractivity contribution >= 4 is 49.3 Å². The highest BCUT2D eigenvalue weighted by Crippen LogP contribution is 2.37. The first-order valence-electron chi connectivity index (χ1n) is 11.3. The van der Waals surface area contributed by atoms with E-state index in [9.17, 15) is 0 Å².